The van der Waals surface area contributed by atoms with Crippen molar-refractivity contribution in [2.75, 3.05) is 55.7 Å². The van der Waals surface area contributed by atoms with Crippen LogP contribution in [0.5, 0.6) is 5.75 Å². The third-order valence-corrected chi connectivity index (χ3v) is 10.6. The van der Waals surface area contributed by atoms with Crippen molar-refractivity contribution >= 4 is 44.5 Å². The normalized spacial score (nSPS) is 15.5. The van der Waals surface area contributed by atoms with Crippen molar-refractivity contribution in [2.45, 2.75) is 103 Å². The van der Waals surface area contributed by atoms with Crippen LogP contribution >= 0.6 is 11.3 Å². The van der Waals surface area contributed by atoms with E-state index in [0.29, 0.717) is 32.4 Å². The first-order chi connectivity index (χ1) is 22.6. The Morgan fingerprint density at radius 1 is 0.783 bits per heavy atom. The van der Waals surface area contributed by atoms with Gasteiger partial charge in [-0.1, -0.05) is 70.4 Å². The summed E-state index contributed by atoms with van der Waals surface area (Å²) in [6, 6.07) is 15.1. The number of hydrogen-bond acceptors (Lipinski definition) is 6. The highest BCUT2D eigenvalue weighted by Crippen LogP contribution is 2.33. The molecular formula is C39H55N3O3S. The molecule has 0 spiro atoms. The summed E-state index contributed by atoms with van der Waals surface area (Å²) in [7, 11) is 0. The Kier molecular flexibility index (Phi) is 13.8. The molecule has 46 heavy (non-hydrogen) atoms. The molecule has 0 unspecified atom stereocenters. The van der Waals surface area contributed by atoms with Crippen molar-refractivity contribution in [3.63, 3.8) is 0 Å². The Morgan fingerprint density at radius 2 is 1.57 bits per heavy atom. The Morgan fingerprint density at radius 3 is 2.37 bits per heavy atom. The number of fused-ring (bicyclic) bond motifs is 2. The van der Waals surface area contributed by atoms with Gasteiger partial charge in [-0.05, 0) is 67.4 Å². The molecule has 2 aromatic carbocycles. The van der Waals surface area contributed by atoms with Crippen LogP contribution in [0.4, 0.5) is 11.4 Å². The van der Waals surface area contributed by atoms with Crippen molar-refractivity contribution in [1.29, 1.82) is 0 Å². The van der Waals surface area contributed by atoms with E-state index in [1.54, 1.807) is 0 Å². The van der Waals surface area contributed by atoms with Crippen LogP contribution in [0.15, 0.2) is 47.8 Å². The number of hydrogen-bond donors (Lipinski definition) is 0. The van der Waals surface area contributed by atoms with Gasteiger partial charge in [-0.15, -0.1) is 11.3 Å². The molecule has 3 aromatic rings. The predicted molar refractivity (Wildman–Crippen MR) is 194 cm³/mol. The van der Waals surface area contributed by atoms with E-state index < -0.39 is 0 Å². The molecule has 0 bridgehead atoms. The van der Waals surface area contributed by atoms with Crippen LogP contribution in [0, 0.1) is 0 Å². The van der Waals surface area contributed by atoms with Gasteiger partial charge in [0.1, 0.15) is 11.5 Å². The average Bonchev–Trinajstić information content (AvgIpc) is 3.57. The molecule has 0 N–H and O–H groups in total. The third-order valence-electron chi connectivity index (χ3n) is 9.75. The van der Waals surface area contributed by atoms with Gasteiger partial charge in [-0.3, -0.25) is 14.5 Å². The van der Waals surface area contributed by atoms with Crippen molar-refractivity contribution < 1.29 is 14.3 Å². The molecule has 0 atom stereocenters. The maximum atomic E-state index is 12.9. The zero-order valence-electron chi connectivity index (χ0n) is 28.1. The van der Waals surface area contributed by atoms with Crippen LogP contribution in [0.1, 0.15) is 102 Å². The first-order valence-electron chi connectivity index (χ1n) is 18.1. The number of benzene rings is 2. The largest absolute Gasteiger partial charge is 0.494 e. The van der Waals surface area contributed by atoms with E-state index in [0.717, 1.165) is 76.3 Å². The quantitative estimate of drug-likeness (QED) is 0.115. The highest BCUT2D eigenvalue weighted by atomic mass is 32.1. The number of unbranched alkanes of at least 4 members (excludes halogenated alkanes) is 9. The Bertz CT molecular complexity index is 1380. The second-order valence-corrected chi connectivity index (χ2v) is 14.1. The Balaban J connectivity index is 0.977. The van der Waals surface area contributed by atoms with Gasteiger partial charge in [0.15, 0.2) is 0 Å². The molecule has 2 aliphatic heterocycles. The highest BCUT2D eigenvalue weighted by molar-refractivity contribution is 7.17. The molecule has 5 rings (SSSR count). The second-order valence-electron chi connectivity index (χ2n) is 13.2. The van der Waals surface area contributed by atoms with Crippen LogP contribution in [-0.4, -0.2) is 62.5 Å². The molecule has 7 heteroatoms. The summed E-state index contributed by atoms with van der Waals surface area (Å²) in [6.45, 7) is 8.82. The van der Waals surface area contributed by atoms with Crippen molar-refractivity contribution in [2.24, 2.45) is 0 Å². The number of nitrogens with zero attached hydrogens (tertiary/aromatic N) is 3. The van der Waals surface area contributed by atoms with E-state index in [4.69, 9.17) is 4.74 Å². The third kappa shape index (κ3) is 10.0. The molecule has 1 saturated heterocycles. The van der Waals surface area contributed by atoms with Crippen molar-refractivity contribution in [3.8, 4) is 5.75 Å². The summed E-state index contributed by atoms with van der Waals surface area (Å²) in [5.41, 5.74) is 3.48. The van der Waals surface area contributed by atoms with Crippen molar-refractivity contribution in [1.82, 2.24) is 4.90 Å². The molecule has 250 valence electrons. The average molecular weight is 646 g/mol. The molecule has 6 nitrogen and oxygen atoms in total. The number of amides is 1. The van der Waals surface area contributed by atoms with Crippen LogP contribution in [0.2, 0.25) is 0 Å². The minimum atomic E-state index is 0.118. The molecule has 0 aliphatic carbocycles. The van der Waals surface area contributed by atoms with Gasteiger partial charge in [-0.2, -0.15) is 0 Å². The van der Waals surface area contributed by atoms with E-state index in [1.807, 2.05) is 28.4 Å². The number of ketones is 1. The molecular weight excluding hydrogens is 591 g/mol. The van der Waals surface area contributed by atoms with E-state index in [2.05, 4.69) is 52.4 Å². The molecule has 1 aromatic heterocycles. The van der Waals surface area contributed by atoms with E-state index in [1.165, 1.54) is 66.3 Å². The lowest BCUT2D eigenvalue weighted by molar-refractivity contribution is -0.119. The molecule has 1 amide bonds. The number of ether oxygens (including phenoxy) is 1. The number of piperazine rings is 1. The molecule has 0 saturated carbocycles. The number of carbonyl (C=O) groups is 2. The zero-order valence-corrected chi connectivity index (χ0v) is 29.0. The van der Waals surface area contributed by atoms with Crippen LogP contribution in [0.25, 0.3) is 10.1 Å². The van der Waals surface area contributed by atoms with Crippen LogP contribution in [-0.2, 0) is 16.0 Å². The molecule has 3 heterocycles. The summed E-state index contributed by atoms with van der Waals surface area (Å²) in [5, 5.41) is 3.57. The number of aryl methyl sites for hydroxylation is 1. The van der Waals surface area contributed by atoms with Gasteiger partial charge < -0.3 is 14.5 Å². The summed E-state index contributed by atoms with van der Waals surface area (Å²) in [4.78, 5) is 32.5. The first kappa shape index (κ1) is 34.4. The lowest BCUT2D eigenvalue weighted by atomic mass is 10.00. The lowest BCUT2D eigenvalue weighted by Gasteiger charge is -2.36. The standard InChI is InChI=1S/C39H55N3O3S/c1-2-3-4-5-6-7-8-9-10-14-33(43)21-24-42-37-31-34(19-17-32(37)18-20-39(42)44)45-29-12-11-23-40-25-27-41(28-26-40)36-15-13-16-38-35(36)22-30-46-38/h13,15-17,19,22,30-31H,2-12,14,18,20-21,23-29H2,1H3. The van der Waals surface area contributed by atoms with Gasteiger partial charge in [0.05, 0.1) is 12.3 Å². The number of thiophene rings is 1. The minimum absolute atomic E-state index is 0.118. The number of anilines is 2. The van der Waals surface area contributed by atoms with Crippen molar-refractivity contribution in [3.05, 3.63) is 53.4 Å². The van der Waals surface area contributed by atoms with Gasteiger partial charge in [0.2, 0.25) is 5.91 Å². The fourth-order valence-corrected chi connectivity index (χ4v) is 7.75. The van der Waals surface area contributed by atoms with Gasteiger partial charge >= 0.3 is 0 Å². The Hall–Kier alpha value is -2.90. The van der Waals surface area contributed by atoms with Gasteiger partial charge in [0, 0.05) is 73.8 Å². The van der Waals surface area contributed by atoms with E-state index in [-0.39, 0.29) is 11.7 Å². The summed E-state index contributed by atoms with van der Waals surface area (Å²) in [5.74, 6) is 1.21. The topological polar surface area (TPSA) is 53.1 Å². The zero-order chi connectivity index (χ0) is 32.0. The SMILES string of the molecule is CCCCCCCCCCCC(=O)CCN1C(=O)CCc2ccc(OCCCCN3CCN(c4cccc5sccc45)CC3)cc21. The van der Waals surface area contributed by atoms with Gasteiger partial charge in [0.25, 0.3) is 0 Å². The number of rotatable bonds is 20. The summed E-state index contributed by atoms with van der Waals surface area (Å²) in [6.07, 6.45) is 15.7. The summed E-state index contributed by atoms with van der Waals surface area (Å²) < 4.78 is 7.53. The molecule has 0 radical (unpaired) electrons. The maximum Gasteiger partial charge on any atom is 0.227 e. The summed E-state index contributed by atoms with van der Waals surface area (Å²) >= 11 is 1.82. The first-order valence-corrected chi connectivity index (χ1v) is 19.0. The van der Waals surface area contributed by atoms with E-state index >= 15 is 0 Å². The fourth-order valence-electron chi connectivity index (χ4n) is 6.94. The van der Waals surface area contributed by atoms with Crippen LogP contribution in [0.3, 0.4) is 0 Å². The monoisotopic (exact) mass is 645 g/mol. The smallest absolute Gasteiger partial charge is 0.227 e. The number of Topliss-reactive ketones (excluding diaryl/α,β-unsaturated/α-hetero) is 1. The second kappa shape index (κ2) is 18.4. The minimum Gasteiger partial charge on any atom is -0.494 e. The fraction of sp³-hybridized carbons (Fsp3) is 0.590. The predicted octanol–water partition coefficient (Wildman–Crippen LogP) is 9.04. The van der Waals surface area contributed by atoms with Gasteiger partial charge in [-0.25, -0.2) is 0 Å². The Labute approximate surface area is 281 Å². The maximum absolute atomic E-state index is 12.9. The molecule has 2 aliphatic rings. The highest BCUT2D eigenvalue weighted by Gasteiger charge is 2.25. The lowest BCUT2D eigenvalue weighted by Crippen LogP contribution is -2.46. The van der Waals surface area contributed by atoms with E-state index in [9.17, 15) is 9.59 Å². The number of carbonyl (C=O) groups excluding carboxylic acids is 2. The van der Waals surface area contributed by atoms with Crippen LogP contribution < -0.4 is 14.5 Å². The molecule has 1 fully saturated rings.